The van der Waals surface area contributed by atoms with Gasteiger partial charge in [-0.05, 0) is 29.0 Å². The molecule has 3 rings (SSSR count). The summed E-state index contributed by atoms with van der Waals surface area (Å²) in [5.74, 6) is 1.80. The monoisotopic (exact) mass is 340 g/mol. The van der Waals surface area contributed by atoms with Gasteiger partial charge >= 0.3 is 5.97 Å². The molecule has 0 aliphatic carbocycles. The van der Waals surface area contributed by atoms with E-state index in [-0.39, 0.29) is 19.0 Å². The Morgan fingerprint density at radius 1 is 1.20 bits per heavy atom. The Morgan fingerprint density at radius 3 is 2.84 bits per heavy atom. The van der Waals surface area contributed by atoms with Crippen LogP contribution in [0.1, 0.15) is 31.4 Å². The average molecular weight is 340 g/mol. The van der Waals surface area contributed by atoms with Gasteiger partial charge in [0.15, 0.2) is 12.4 Å². The molecule has 0 bridgehead atoms. The molecular formula is C18H20N4O3. The second-order valence-electron chi connectivity index (χ2n) is 5.61. The predicted octanol–water partition coefficient (Wildman–Crippen LogP) is 3.02. The highest BCUT2D eigenvalue weighted by Gasteiger charge is 2.11. The van der Waals surface area contributed by atoms with E-state index in [1.807, 2.05) is 49.4 Å². The summed E-state index contributed by atoms with van der Waals surface area (Å²) in [6.45, 7) is 2.82. The third-order valence-corrected chi connectivity index (χ3v) is 3.70. The molecule has 0 saturated carbocycles. The number of tetrazole rings is 1. The number of hydrogen-bond acceptors (Lipinski definition) is 6. The molecule has 7 heteroatoms. The summed E-state index contributed by atoms with van der Waals surface area (Å²) in [6, 6.07) is 13.6. The molecule has 3 aromatic rings. The minimum atomic E-state index is -0.302. The normalized spacial score (nSPS) is 10.8. The fourth-order valence-corrected chi connectivity index (χ4v) is 2.42. The Balaban J connectivity index is 1.48. The second kappa shape index (κ2) is 8.23. The van der Waals surface area contributed by atoms with E-state index >= 15 is 0 Å². The fourth-order valence-electron chi connectivity index (χ4n) is 2.42. The van der Waals surface area contributed by atoms with Gasteiger partial charge in [0.2, 0.25) is 0 Å². The molecule has 0 atom stereocenters. The number of ether oxygens (including phenoxy) is 1. The summed E-state index contributed by atoms with van der Waals surface area (Å²) in [6.07, 6.45) is 1.65. The van der Waals surface area contributed by atoms with Crippen LogP contribution in [0.15, 0.2) is 46.9 Å². The first-order valence-corrected chi connectivity index (χ1v) is 8.31. The summed E-state index contributed by atoms with van der Waals surface area (Å²) in [7, 11) is 0. The van der Waals surface area contributed by atoms with E-state index in [1.54, 1.807) is 4.68 Å². The molecule has 0 aliphatic rings. The van der Waals surface area contributed by atoms with Gasteiger partial charge in [-0.15, -0.1) is 5.10 Å². The van der Waals surface area contributed by atoms with E-state index in [0.717, 1.165) is 23.5 Å². The van der Waals surface area contributed by atoms with Gasteiger partial charge < -0.3 is 9.15 Å². The van der Waals surface area contributed by atoms with Crippen LogP contribution in [0.5, 0.6) is 0 Å². The average Bonchev–Trinajstić information content (AvgIpc) is 3.29. The number of rotatable bonds is 8. The third-order valence-electron chi connectivity index (χ3n) is 3.70. The van der Waals surface area contributed by atoms with Crippen LogP contribution in [0.25, 0.3) is 11.3 Å². The molecule has 7 nitrogen and oxygen atoms in total. The van der Waals surface area contributed by atoms with Crippen LogP contribution in [-0.4, -0.2) is 26.2 Å². The molecule has 0 unspecified atom stereocenters. The lowest BCUT2D eigenvalue weighted by molar-refractivity contribution is -0.145. The van der Waals surface area contributed by atoms with Crippen molar-refractivity contribution in [2.45, 2.75) is 39.3 Å². The molecule has 0 spiro atoms. The van der Waals surface area contributed by atoms with Crippen LogP contribution < -0.4 is 0 Å². The van der Waals surface area contributed by atoms with Crippen LogP contribution in [-0.2, 0) is 29.1 Å². The lowest BCUT2D eigenvalue weighted by Gasteiger charge is -2.04. The van der Waals surface area contributed by atoms with Crippen molar-refractivity contribution < 1.29 is 13.9 Å². The van der Waals surface area contributed by atoms with Crippen molar-refractivity contribution in [3.63, 3.8) is 0 Å². The third kappa shape index (κ3) is 4.53. The Bertz CT molecular complexity index is 811. The Morgan fingerprint density at radius 2 is 2.04 bits per heavy atom. The zero-order chi connectivity index (χ0) is 17.5. The van der Waals surface area contributed by atoms with Crippen LogP contribution in [0.3, 0.4) is 0 Å². The standard InChI is InChI=1S/C18H20N4O3/c1-2-12-22-17(19-20-21-22)13-24-18(23)11-9-15-8-10-16(25-15)14-6-4-3-5-7-14/h3-8,10H,2,9,11-13H2,1H3. The smallest absolute Gasteiger partial charge is 0.306 e. The number of hydrogen-bond donors (Lipinski definition) is 0. The molecule has 0 fully saturated rings. The lowest BCUT2D eigenvalue weighted by atomic mass is 10.2. The summed E-state index contributed by atoms with van der Waals surface area (Å²) in [5.41, 5.74) is 1.01. The summed E-state index contributed by atoms with van der Waals surface area (Å²) >= 11 is 0. The number of aryl methyl sites for hydroxylation is 2. The molecule has 0 amide bonds. The molecule has 130 valence electrons. The van der Waals surface area contributed by atoms with Gasteiger partial charge in [-0.1, -0.05) is 37.3 Å². The highest BCUT2D eigenvalue weighted by Crippen LogP contribution is 2.22. The summed E-state index contributed by atoms with van der Waals surface area (Å²) < 4.78 is 12.7. The largest absolute Gasteiger partial charge is 0.461 e. The van der Waals surface area contributed by atoms with Gasteiger partial charge in [0.05, 0.1) is 6.42 Å². The minimum absolute atomic E-state index is 0.0826. The van der Waals surface area contributed by atoms with Gasteiger partial charge in [-0.25, -0.2) is 4.68 Å². The molecule has 2 aromatic heterocycles. The number of carbonyl (C=O) groups excluding carboxylic acids is 1. The number of carbonyl (C=O) groups is 1. The maximum absolute atomic E-state index is 11.9. The van der Waals surface area contributed by atoms with E-state index in [4.69, 9.17) is 9.15 Å². The molecular weight excluding hydrogens is 320 g/mol. The zero-order valence-corrected chi connectivity index (χ0v) is 14.1. The van der Waals surface area contributed by atoms with Gasteiger partial charge in [0, 0.05) is 18.5 Å². The van der Waals surface area contributed by atoms with Crippen LogP contribution in [0, 0.1) is 0 Å². The number of benzene rings is 1. The van der Waals surface area contributed by atoms with Crippen molar-refractivity contribution in [2.24, 2.45) is 0 Å². The first-order valence-electron chi connectivity index (χ1n) is 8.31. The topological polar surface area (TPSA) is 83.0 Å². The minimum Gasteiger partial charge on any atom is -0.461 e. The SMILES string of the molecule is CCCn1nnnc1COC(=O)CCc1ccc(-c2ccccc2)o1. The Kier molecular flexibility index (Phi) is 5.56. The van der Waals surface area contributed by atoms with Crippen LogP contribution in [0.4, 0.5) is 0 Å². The molecule has 25 heavy (non-hydrogen) atoms. The highest BCUT2D eigenvalue weighted by atomic mass is 16.5. The van der Waals surface area contributed by atoms with Gasteiger partial charge in [0.1, 0.15) is 11.5 Å². The Labute approximate surface area is 145 Å². The Hall–Kier alpha value is -2.96. The van der Waals surface area contributed by atoms with Gasteiger partial charge in [0.25, 0.3) is 0 Å². The maximum Gasteiger partial charge on any atom is 0.306 e. The molecule has 0 N–H and O–H groups in total. The molecule has 0 aliphatic heterocycles. The molecule has 0 saturated heterocycles. The van der Waals surface area contributed by atoms with Crippen LogP contribution >= 0.6 is 0 Å². The lowest BCUT2D eigenvalue weighted by Crippen LogP contribution is -2.11. The van der Waals surface area contributed by atoms with E-state index in [2.05, 4.69) is 15.5 Å². The van der Waals surface area contributed by atoms with Crippen molar-refractivity contribution in [3.05, 3.63) is 54.0 Å². The van der Waals surface area contributed by atoms with Gasteiger partial charge in [-0.2, -0.15) is 0 Å². The van der Waals surface area contributed by atoms with Crippen molar-refractivity contribution >= 4 is 5.97 Å². The van der Waals surface area contributed by atoms with Crippen LogP contribution in [0.2, 0.25) is 0 Å². The van der Waals surface area contributed by atoms with Crippen molar-refractivity contribution in [3.8, 4) is 11.3 Å². The first-order chi connectivity index (χ1) is 12.3. The van der Waals surface area contributed by atoms with Gasteiger partial charge in [-0.3, -0.25) is 4.79 Å². The van der Waals surface area contributed by atoms with E-state index in [0.29, 0.717) is 18.8 Å². The number of esters is 1. The highest BCUT2D eigenvalue weighted by molar-refractivity contribution is 5.69. The predicted molar refractivity (Wildman–Crippen MR) is 90.4 cm³/mol. The van der Waals surface area contributed by atoms with Crippen molar-refractivity contribution in [1.82, 2.24) is 20.2 Å². The quantitative estimate of drug-likeness (QED) is 0.586. The second-order valence-corrected chi connectivity index (χ2v) is 5.61. The van der Waals surface area contributed by atoms with E-state index in [1.165, 1.54) is 0 Å². The van der Waals surface area contributed by atoms with Crippen molar-refractivity contribution in [1.29, 1.82) is 0 Å². The molecule has 2 heterocycles. The maximum atomic E-state index is 11.9. The van der Waals surface area contributed by atoms with Crippen molar-refractivity contribution in [2.75, 3.05) is 0 Å². The van der Waals surface area contributed by atoms with E-state index in [9.17, 15) is 4.79 Å². The van der Waals surface area contributed by atoms with E-state index < -0.39 is 0 Å². The number of furan rings is 1. The number of aromatic nitrogens is 4. The summed E-state index contributed by atoms with van der Waals surface area (Å²) in [4.78, 5) is 11.9. The zero-order valence-electron chi connectivity index (χ0n) is 14.1. The molecule has 1 aromatic carbocycles. The first kappa shape index (κ1) is 16.9. The summed E-state index contributed by atoms with van der Waals surface area (Å²) in [5, 5.41) is 11.3. The fraction of sp³-hybridized carbons (Fsp3) is 0.333. The molecule has 0 radical (unpaired) electrons. The number of nitrogens with zero attached hydrogens (tertiary/aromatic N) is 4.